The van der Waals surface area contributed by atoms with Crippen LogP contribution in [0.2, 0.25) is 0 Å². The van der Waals surface area contributed by atoms with E-state index in [2.05, 4.69) is 10.4 Å². The number of rotatable bonds is 5. The Morgan fingerprint density at radius 2 is 2.03 bits per heavy atom. The van der Waals surface area contributed by atoms with Gasteiger partial charge in [0.05, 0.1) is 28.4 Å². The molecule has 1 amide bonds. The van der Waals surface area contributed by atoms with Gasteiger partial charge in [0.15, 0.2) is 16.4 Å². The molecule has 1 atom stereocenters. The number of carbonyl (C=O) groups is 2. The lowest BCUT2D eigenvalue weighted by atomic mass is 10.0. The first-order valence-electron chi connectivity index (χ1n) is 9.49. The van der Waals surface area contributed by atoms with E-state index in [4.69, 9.17) is 4.74 Å². The number of aromatic nitrogens is 2. The molecule has 1 aliphatic rings. The number of benzene rings is 1. The monoisotopic (exact) mass is 465 g/mol. The minimum absolute atomic E-state index is 0.0236. The minimum Gasteiger partial charge on any atom is -0.451 e. The van der Waals surface area contributed by atoms with Gasteiger partial charge in [-0.3, -0.25) is 4.79 Å². The van der Waals surface area contributed by atoms with Gasteiger partial charge in [0.2, 0.25) is 0 Å². The minimum atomic E-state index is -3.17. The van der Waals surface area contributed by atoms with Gasteiger partial charge in [-0.25, -0.2) is 22.3 Å². The van der Waals surface area contributed by atoms with Crippen LogP contribution in [0.25, 0.3) is 15.9 Å². The molecule has 0 aliphatic carbocycles. The Labute approximate surface area is 181 Å². The highest BCUT2D eigenvalue weighted by atomic mass is 32.2. The van der Waals surface area contributed by atoms with Gasteiger partial charge < -0.3 is 10.1 Å². The molecule has 3 heterocycles. The van der Waals surface area contributed by atoms with Crippen molar-refractivity contribution in [3.63, 3.8) is 0 Å². The second-order valence-electron chi connectivity index (χ2n) is 7.83. The van der Waals surface area contributed by atoms with E-state index in [0.29, 0.717) is 27.5 Å². The molecule has 2 aromatic heterocycles. The number of hydrogen-bond donors (Lipinski definition) is 1. The van der Waals surface area contributed by atoms with Crippen molar-refractivity contribution in [3.8, 4) is 5.69 Å². The van der Waals surface area contributed by atoms with Gasteiger partial charge in [0.25, 0.3) is 5.91 Å². The normalized spacial score (nSPS) is 20.1. The Hall–Kier alpha value is -2.79. The van der Waals surface area contributed by atoms with Crippen LogP contribution in [0.3, 0.4) is 0 Å². The van der Waals surface area contributed by atoms with Gasteiger partial charge in [-0.05, 0) is 50.6 Å². The number of amides is 1. The molecule has 1 fully saturated rings. The van der Waals surface area contributed by atoms with Crippen LogP contribution in [0.1, 0.15) is 28.7 Å². The number of ether oxygens (including phenoxy) is 1. The maximum absolute atomic E-state index is 13.2. The van der Waals surface area contributed by atoms with Crippen LogP contribution in [-0.2, 0) is 19.4 Å². The van der Waals surface area contributed by atoms with Crippen molar-refractivity contribution in [2.24, 2.45) is 0 Å². The fraction of sp³-hybridized carbons (Fsp3) is 0.350. The third-order valence-electron chi connectivity index (χ3n) is 5.10. The highest BCUT2D eigenvalue weighted by Gasteiger charge is 2.39. The molecule has 1 unspecified atom stereocenters. The van der Waals surface area contributed by atoms with E-state index in [0.717, 1.165) is 16.7 Å². The third-order valence-corrected chi connectivity index (χ3v) is 8.09. The number of nitrogens with zero attached hydrogens (tertiary/aromatic N) is 2. The van der Waals surface area contributed by atoms with E-state index in [1.807, 2.05) is 0 Å². The number of sulfone groups is 1. The predicted molar refractivity (Wildman–Crippen MR) is 114 cm³/mol. The van der Waals surface area contributed by atoms with E-state index in [9.17, 15) is 22.4 Å². The molecular formula is C20H20FN3O5S2. The lowest BCUT2D eigenvalue weighted by molar-refractivity contribution is -0.125. The van der Waals surface area contributed by atoms with Gasteiger partial charge in [-0.1, -0.05) is 0 Å². The summed E-state index contributed by atoms with van der Waals surface area (Å²) in [6.45, 7) is 2.95. The fourth-order valence-corrected chi connectivity index (χ4v) is 6.76. The quantitative estimate of drug-likeness (QED) is 0.580. The highest BCUT2D eigenvalue weighted by Crippen LogP contribution is 2.31. The zero-order chi connectivity index (χ0) is 22.4. The average molecular weight is 466 g/mol. The number of fused-ring (bicyclic) bond motifs is 1. The van der Waals surface area contributed by atoms with Crippen LogP contribution in [0.5, 0.6) is 0 Å². The number of aryl methyl sites for hydroxylation is 1. The van der Waals surface area contributed by atoms with Crippen LogP contribution in [0.4, 0.5) is 4.39 Å². The van der Waals surface area contributed by atoms with Crippen LogP contribution in [-0.4, -0.2) is 53.7 Å². The van der Waals surface area contributed by atoms with E-state index >= 15 is 0 Å². The Morgan fingerprint density at radius 3 is 2.68 bits per heavy atom. The summed E-state index contributed by atoms with van der Waals surface area (Å²) in [7, 11) is -3.17. The molecule has 0 saturated carbocycles. The number of nitrogens with one attached hydrogen (secondary N) is 1. The van der Waals surface area contributed by atoms with Crippen LogP contribution in [0, 0.1) is 12.7 Å². The number of halogens is 1. The molecule has 1 aliphatic heterocycles. The Balaban J connectivity index is 1.45. The molecule has 1 N–H and O–H groups in total. The van der Waals surface area contributed by atoms with Gasteiger partial charge in [0.1, 0.15) is 15.5 Å². The summed E-state index contributed by atoms with van der Waals surface area (Å²) in [5, 5.41) is 7.85. The van der Waals surface area contributed by atoms with E-state index in [1.165, 1.54) is 12.1 Å². The van der Waals surface area contributed by atoms with E-state index < -0.39 is 33.9 Å². The first-order valence-corrected chi connectivity index (χ1v) is 12.1. The molecule has 31 heavy (non-hydrogen) atoms. The zero-order valence-electron chi connectivity index (χ0n) is 16.8. The molecule has 164 valence electrons. The topological polar surface area (TPSA) is 107 Å². The number of carbonyl (C=O) groups excluding carboxylic acids is 2. The fourth-order valence-electron chi connectivity index (χ4n) is 3.59. The summed E-state index contributed by atoms with van der Waals surface area (Å²) in [5.74, 6) is -1.68. The first-order chi connectivity index (χ1) is 14.6. The van der Waals surface area contributed by atoms with Crippen molar-refractivity contribution >= 4 is 43.3 Å². The first kappa shape index (κ1) is 21.4. The van der Waals surface area contributed by atoms with Gasteiger partial charge in [0, 0.05) is 5.39 Å². The van der Waals surface area contributed by atoms with Crippen molar-refractivity contribution in [1.29, 1.82) is 0 Å². The number of hydrogen-bond acceptors (Lipinski definition) is 7. The molecule has 8 nitrogen and oxygen atoms in total. The average Bonchev–Trinajstić information content (AvgIpc) is 3.34. The molecule has 1 aromatic carbocycles. The molecule has 0 bridgehead atoms. The molecule has 4 rings (SSSR count). The third kappa shape index (κ3) is 4.47. The maximum atomic E-state index is 13.2. The van der Waals surface area contributed by atoms with Gasteiger partial charge >= 0.3 is 5.97 Å². The standard InChI is InChI=1S/C20H20FN3O5S2/c1-12-15-9-16(30-18(15)24(23-12)14-5-3-13(21)4-6-14)19(26)29-10-17(25)22-20(2)7-8-31(27,28)11-20/h3-6,9H,7-8,10-11H2,1-2H3,(H,22,25). The largest absolute Gasteiger partial charge is 0.451 e. The van der Waals surface area contributed by atoms with Crippen LogP contribution >= 0.6 is 11.3 Å². The summed E-state index contributed by atoms with van der Waals surface area (Å²) < 4.78 is 43.3. The summed E-state index contributed by atoms with van der Waals surface area (Å²) in [4.78, 5) is 25.6. The summed E-state index contributed by atoms with van der Waals surface area (Å²) in [5.41, 5.74) is 0.499. The molecule has 1 saturated heterocycles. The Bertz CT molecular complexity index is 1280. The molecule has 3 aromatic rings. The van der Waals surface area contributed by atoms with Crippen molar-refractivity contribution in [1.82, 2.24) is 15.1 Å². The van der Waals surface area contributed by atoms with Crippen LogP contribution in [0.15, 0.2) is 30.3 Å². The molecular weight excluding hydrogens is 445 g/mol. The highest BCUT2D eigenvalue weighted by molar-refractivity contribution is 7.91. The molecule has 0 spiro atoms. The maximum Gasteiger partial charge on any atom is 0.348 e. The van der Waals surface area contributed by atoms with Crippen molar-refractivity contribution in [2.75, 3.05) is 18.1 Å². The lowest BCUT2D eigenvalue weighted by Crippen LogP contribution is -2.48. The second kappa shape index (κ2) is 7.72. The summed E-state index contributed by atoms with van der Waals surface area (Å²) in [6.07, 6.45) is 0.324. The second-order valence-corrected chi connectivity index (χ2v) is 11.0. The number of esters is 1. The van der Waals surface area contributed by atoms with Crippen molar-refractivity contribution in [3.05, 3.63) is 46.7 Å². The molecule has 11 heteroatoms. The van der Waals surface area contributed by atoms with Gasteiger partial charge in [-0.15, -0.1) is 11.3 Å². The number of thiophene rings is 1. The summed E-state index contributed by atoms with van der Waals surface area (Å²) >= 11 is 1.16. The zero-order valence-corrected chi connectivity index (χ0v) is 18.5. The predicted octanol–water partition coefficient (Wildman–Crippen LogP) is 2.38. The lowest BCUT2D eigenvalue weighted by Gasteiger charge is -2.23. The van der Waals surface area contributed by atoms with Crippen molar-refractivity contribution < 1.29 is 27.1 Å². The van der Waals surface area contributed by atoms with Gasteiger partial charge in [-0.2, -0.15) is 5.10 Å². The summed E-state index contributed by atoms with van der Waals surface area (Å²) in [6, 6.07) is 7.49. The SMILES string of the molecule is Cc1nn(-c2ccc(F)cc2)c2sc(C(=O)OCC(=O)NC3(C)CCS(=O)(=O)C3)cc12. The smallest absolute Gasteiger partial charge is 0.348 e. The Kier molecular flexibility index (Phi) is 5.34. The van der Waals surface area contributed by atoms with Crippen LogP contribution < -0.4 is 5.32 Å². The Morgan fingerprint density at radius 1 is 1.32 bits per heavy atom. The van der Waals surface area contributed by atoms with E-state index in [1.54, 1.807) is 36.7 Å². The van der Waals surface area contributed by atoms with E-state index in [-0.39, 0.29) is 17.3 Å². The molecule has 0 radical (unpaired) electrons. The van der Waals surface area contributed by atoms with Crippen molar-refractivity contribution in [2.45, 2.75) is 25.8 Å².